The molecule has 0 aliphatic carbocycles. The zero-order valence-electron chi connectivity index (χ0n) is 16.1. The Morgan fingerprint density at radius 2 is 1.37 bits per heavy atom. The molecule has 0 saturated carbocycles. The molecule has 1 saturated heterocycles. The summed E-state index contributed by atoms with van der Waals surface area (Å²) in [5.74, 6) is 0.104. The molecule has 1 fully saturated rings. The van der Waals surface area contributed by atoms with Crippen molar-refractivity contribution in [3.63, 3.8) is 0 Å². The molecule has 7 heteroatoms. The number of nitrogens with zero attached hydrogens (tertiary/aromatic N) is 2. The second kappa shape index (κ2) is 8.08. The molecule has 30 heavy (non-hydrogen) atoms. The maximum absolute atomic E-state index is 13.2. The van der Waals surface area contributed by atoms with Gasteiger partial charge in [0.15, 0.2) is 0 Å². The molecule has 3 aromatic carbocycles. The Bertz CT molecular complexity index is 1010. The van der Waals surface area contributed by atoms with Crippen molar-refractivity contribution in [3.05, 3.63) is 90.5 Å². The number of amides is 4. The predicted molar refractivity (Wildman–Crippen MR) is 109 cm³/mol. The molecule has 0 spiro atoms. The van der Waals surface area contributed by atoms with Crippen LogP contribution in [0.25, 0.3) is 0 Å². The van der Waals surface area contributed by atoms with Crippen molar-refractivity contribution in [2.75, 3.05) is 12.0 Å². The first-order chi connectivity index (χ1) is 14.6. The summed E-state index contributed by atoms with van der Waals surface area (Å²) in [7, 11) is 1.52. The maximum atomic E-state index is 13.2. The van der Waals surface area contributed by atoms with Crippen LogP contribution in [0, 0.1) is 0 Å². The Kier molecular flexibility index (Phi) is 5.17. The van der Waals surface area contributed by atoms with Gasteiger partial charge in [0, 0.05) is 5.69 Å². The standard InChI is InChI=1S/C23H18N2O5/c1-29-18-12-14-19(15-13-18)30-23(28)25-21(26)20(16-8-4-2-5-9-16)24(22(25)27)17-10-6-3-7-11-17/h2-15,20H,1H3. The highest BCUT2D eigenvalue weighted by atomic mass is 16.6. The molecular formula is C23H18N2O5. The first kappa shape index (κ1) is 19.2. The Morgan fingerprint density at radius 1 is 0.800 bits per heavy atom. The van der Waals surface area contributed by atoms with Crippen molar-refractivity contribution < 1.29 is 23.9 Å². The van der Waals surface area contributed by atoms with Crippen LogP contribution < -0.4 is 14.4 Å². The molecule has 1 atom stereocenters. The van der Waals surface area contributed by atoms with E-state index < -0.39 is 24.1 Å². The topological polar surface area (TPSA) is 76.2 Å². The van der Waals surface area contributed by atoms with E-state index in [1.165, 1.54) is 24.1 Å². The van der Waals surface area contributed by atoms with E-state index in [9.17, 15) is 14.4 Å². The Hall–Kier alpha value is -4.13. The Morgan fingerprint density at radius 3 is 1.97 bits per heavy atom. The minimum Gasteiger partial charge on any atom is -0.497 e. The molecule has 4 amide bonds. The van der Waals surface area contributed by atoms with Crippen molar-refractivity contribution in [1.29, 1.82) is 0 Å². The van der Waals surface area contributed by atoms with E-state index in [4.69, 9.17) is 9.47 Å². The van der Waals surface area contributed by atoms with Crippen molar-refractivity contribution in [2.24, 2.45) is 0 Å². The van der Waals surface area contributed by atoms with Crippen molar-refractivity contribution >= 4 is 23.7 Å². The van der Waals surface area contributed by atoms with Crippen molar-refractivity contribution in [1.82, 2.24) is 4.90 Å². The van der Waals surface area contributed by atoms with Crippen LogP contribution in [0.2, 0.25) is 0 Å². The molecular weight excluding hydrogens is 384 g/mol. The summed E-state index contributed by atoms with van der Waals surface area (Å²) in [6, 6.07) is 22.1. The van der Waals surface area contributed by atoms with Gasteiger partial charge in [0.2, 0.25) is 0 Å². The lowest BCUT2D eigenvalue weighted by molar-refractivity contribution is -0.125. The third-order valence-corrected chi connectivity index (χ3v) is 4.71. The number of hydrogen-bond acceptors (Lipinski definition) is 5. The summed E-state index contributed by atoms with van der Waals surface area (Å²) in [6.07, 6.45) is -1.06. The molecule has 150 valence electrons. The number of urea groups is 1. The minimum absolute atomic E-state index is 0.191. The van der Waals surface area contributed by atoms with Gasteiger partial charge in [0.1, 0.15) is 17.5 Å². The van der Waals surface area contributed by atoms with Crippen LogP contribution in [-0.2, 0) is 4.79 Å². The van der Waals surface area contributed by atoms with E-state index in [1.54, 1.807) is 66.7 Å². The zero-order valence-corrected chi connectivity index (χ0v) is 16.1. The Balaban J connectivity index is 1.67. The van der Waals surface area contributed by atoms with E-state index in [1.807, 2.05) is 6.07 Å². The van der Waals surface area contributed by atoms with Gasteiger partial charge in [-0.1, -0.05) is 48.5 Å². The first-order valence-electron chi connectivity index (χ1n) is 9.23. The summed E-state index contributed by atoms with van der Waals surface area (Å²) >= 11 is 0. The van der Waals surface area contributed by atoms with Crippen LogP contribution >= 0.6 is 0 Å². The molecule has 7 nitrogen and oxygen atoms in total. The second-order valence-corrected chi connectivity index (χ2v) is 6.52. The van der Waals surface area contributed by atoms with Crippen LogP contribution in [0.1, 0.15) is 11.6 Å². The Labute approximate surface area is 173 Å². The van der Waals surface area contributed by atoms with E-state index in [0.29, 0.717) is 21.9 Å². The van der Waals surface area contributed by atoms with E-state index >= 15 is 0 Å². The molecule has 0 aromatic heterocycles. The van der Waals surface area contributed by atoms with Gasteiger partial charge in [-0.3, -0.25) is 9.69 Å². The minimum atomic E-state index is -1.06. The molecule has 3 aromatic rings. The van der Waals surface area contributed by atoms with E-state index in [2.05, 4.69) is 0 Å². The van der Waals surface area contributed by atoms with Gasteiger partial charge in [-0.25, -0.2) is 9.59 Å². The lowest BCUT2D eigenvalue weighted by Gasteiger charge is -2.21. The number of hydrogen-bond donors (Lipinski definition) is 0. The van der Waals surface area contributed by atoms with Gasteiger partial charge in [0.05, 0.1) is 7.11 Å². The van der Waals surface area contributed by atoms with Crippen molar-refractivity contribution in [3.8, 4) is 11.5 Å². The van der Waals surface area contributed by atoms with Gasteiger partial charge >= 0.3 is 12.1 Å². The smallest absolute Gasteiger partial charge is 0.430 e. The summed E-state index contributed by atoms with van der Waals surface area (Å²) in [5.41, 5.74) is 1.10. The fraction of sp³-hybridized carbons (Fsp3) is 0.0870. The number of carbonyl (C=O) groups excluding carboxylic acids is 3. The van der Waals surface area contributed by atoms with E-state index in [0.717, 1.165) is 0 Å². The number of benzene rings is 3. The first-order valence-corrected chi connectivity index (χ1v) is 9.23. The zero-order chi connectivity index (χ0) is 21.1. The van der Waals surface area contributed by atoms with E-state index in [-0.39, 0.29) is 5.75 Å². The fourth-order valence-corrected chi connectivity index (χ4v) is 3.28. The summed E-state index contributed by atoms with van der Waals surface area (Å²) in [5, 5.41) is 0. The van der Waals surface area contributed by atoms with Crippen LogP contribution in [0.15, 0.2) is 84.9 Å². The normalized spacial score (nSPS) is 16.0. The quantitative estimate of drug-likeness (QED) is 0.605. The van der Waals surface area contributed by atoms with Gasteiger partial charge in [0.25, 0.3) is 5.91 Å². The number of rotatable bonds is 4. The average Bonchev–Trinajstić information content (AvgIpc) is 3.05. The lowest BCUT2D eigenvalue weighted by atomic mass is 10.1. The second-order valence-electron chi connectivity index (χ2n) is 6.52. The molecule has 0 N–H and O–H groups in total. The predicted octanol–water partition coefficient (Wildman–Crippen LogP) is 4.40. The molecule has 0 bridgehead atoms. The largest absolute Gasteiger partial charge is 0.497 e. The number of ether oxygens (including phenoxy) is 2. The average molecular weight is 402 g/mol. The highest BCUT2D eigenvalue weighted by Crippen LogP contribution is 2.36. The highest BCUT2D eigenvalue weighted by Gasteiger charge is 2.50. The number of para-hydroxylation sites is 1. The molecule has 1 aliphatic heterocycles. The molecule has 0 radical (unpaired) electrons. The lowest BCUT2D eigenvalue weighted by Crippen LogP contribution is -2.40. The SMILES string of the molecule is COc1ccc(OC(=O)N2C(=O)C(c3ccccc3)N(c3ccccc3)C2=O)cc1. The van der Waals surface area contributed by atoms with Crippen LogP contribution in [0.4, 0.5) is 15.3 Å². The van der Waals surface area contributed by atoms with Gasteiger partial charge in [-0.05, 0) is 42.0 Å². The highest BCUT2D eigenvalue weighted by molar-refractivity contribution is 6.22. The van der Waals surface area contributed by atoms with Crippen LogP contribution in [0.3, 0.4) is 0 Å². The van der Waals surface area contributed by atoms with Crippen molar-refractivity contribution in [2.45, 2.75) is 6.04 Å². The summed E-state index contributed by atoms with van der Waals surface area (Å²) in [4.78, 5) is 40.9. The third-order valence-electron chi connectivity index (χ3n) is 4.71. The van der Waals surface area contributed by atoms with Gasteiger partial charge in [-0.2, -0.15) is 4.90 Å². The fourth-order valence-electron chi connectivity index (χ4n) is 3.28. The number of anilines is 1. The number of imide groups is 3. The van der Waals surface area contributed by atoms with Crippen LogP contribution in [0.5, 0.6) is 11.5 Å². The maximum Gasteiger partial charge on any atom is 0.430 e. The molecule has 1 heterocycles. The third kappa shape index (κ3) is 3.48. The van der Waals surface area contributed by atoms with Gasteiger partial charge < -0.3 is 9.47 Å². The number of carbonyl (C=O) groups is 3. The number of methoxy groups -OCH3 is 1. The molecule has 1 unspecified atom stereocenters. The summed E-state index contributed by atoms with van der Waals surface area (Å²) in [6.45, 7) is 0. The van der Waals surface area contributed by atoms with Crippen LogP contribution in [-0.4, -0.2) is 30.0 Å². The summed E-state index contributed by atoms with van der Waals surface area (Å²) < 4.78 is 10.3. The van der Waals surface area contributed by atoms with Gasteiger partial charge in [-0.15, -0.1) is 0 Å². The molecule has 1 aliphatic rings. The molecule has 4 rings (SSSR count). The monoisotopic (exact) mass is 402 g/mol.